The van der Waals surface area contributed by atoms with E-state index in [0.717, 1.165) is 43.2 Å². The van der Waals surface area contributed by atoms with Crippen LogP contribution in [-0.2, 0) is 16.4 Å². The number of hydrogen-bond acceptors (Lipinski definition) is 4. The summed E-state index contributed by atoms with van der Waals surface area (Å²) in [6, 6.07) is 3.63. The molecule has 26 heavy (non-hydrogen) atoms. The van der Waals surface area contributed by atoms with Crippen molar-refractivity contribution in [3.63, 3.8) is 0 Å². The van der Waals surface area contributed by atoms with Gasteiger partial charge in [-0.3, -0.25) is 4.99 Å². The molecule has 0 bridgehead atoms. The Morgan fingerprint density at radius 2 is 1.88 bits per heavy atom. The van der Waals surface area contributed by atoms with E-state index in [1.807, 2.05) is 19.9 Å². The van der Waals surface area contributed by atoms with Gasteiger partial charge in [-0.1, -0.05) is 27.2 Å². The van der Waals surface area contributed by atoms with Crippen molar-refractivity contribution in [1.29, 1.82) is 0 Å². The Balaban J connectivity index is 2.74. The lowest BCUT2D eigenvalue weighted by atomic mass is 10.3. The standard InChI is InChI=1S/C18H34N4O2S2/c1-6-10-15-21(5)18(19-7-2)20-14-13-16-11-12-17(25-16)26(23,24)22(8-3)9-4/h11-12H,6-10,13-15H2,1-5H3,(H,19,20). The summed E-state index contributed by atoms with van der Waals surface area (Å²) in [4.78, 5) is 7.88. The van der Waals surface area contributed by atoms with Crippen molar-refractivity contribution in [2.45, 2.75) is 51.2 Å². The highest BCUT2D eigenvalue weighted by Gasteiger charge is 2.23. The van der Waals surface area contributed by atoms with E-state index < -0.39 is 10.0 Å². The number of rotatable bonds is 11. The molecule has 1 heterocycles. The first kappa shape index (κ1) is 22.9. The van der Waals surface area contributed by atoms with Gasteiger partial charge in [-0.2, -0.15) is 4.31 Å². The minimum Gasteiger partial charge on any atom is -0.357 e. The van der Waals surface area contributed by atoms with E-state index in [0.29, 0.717) is 23.8 Å². The van der Waals surface area contributed by atoms with Gasteiger partial charge in [-0.25, -0.2) is 8.42 Å². The van der Waals surface area contributed by atoms with E-state index in [-0.39, 0.29) is 0 Å². The van der Waals surface area contributed by atoms with Crippen LogP contribution >= 0.6 is 11.3 Å². The van der Waals surface area contributed by atoms with Crippen LogP contribution in [-0.4, -0.2) is 63.4 Å². The van der Waals surface area contributed by atoms with Crippen LogP contribution in [0, 0.1) is 0 Å². The van der Waals surface area contributed by atoms with Gasteiger partial charge in [-0.05, 0) is 25.5 Å². The maximum atomic E-state index is 12.6. The molecule has 0 saturated carbocycles. The number of sulfonamides is 1. The van der Waals surface area contributed by atoms with Gasteiger partial charge in [0.15, 0.2) is 5.96 Å². The van der Waals surface area contributed by atoms with Crippen molar-refractivity contribution in [2.24, 2.45) is 4.99 Å². The van der Waals surface area contributed by atoms with Crippen molar-refractivity contribution in [3.05, 3.63) is 17.0 Å². The van der Waals surface area contributed by atoms with Crippen LogP contribution in [0.2, 0.25) is 0 Å². The monoisotopic (exact) mass is 402 g/mol. The zero-order chi connectivity index (χ0) is 19.6. The number of nitrogens with one attached hydrogen (secondary N) is 1. The van der Waals surface area contributed by atoms with E-state index in [1.54, 1.807) is 6.07 Å². The van der Waals surface area contributed by atoms with Crippen LogP contribution < -0.4 is 5.32 Å². The second-order valence-corrected chi connectivity index (χ2v) is 9.40. The molecule has 0 saturated heterocycles. The fourth-order valence-corrected chi connectivity index (χ4v) is 5.52. The van der Waals surface area contributed by atoms with Gasteiger partial charge in [0.25, 0.3) is 10.0 Å². The fraction of sp³-hybridized carbons (Fsp3) is 0.722. The number of guanidine groups is 1. The van der Waals surface area contributed by atoms with E-state index in [9.17, 15) is 8.42 Å². The number of unbranched alkanes of at least 4 members (excludes halogenated alkanes) is 1. The summed E-state index contributed by atoms with van der Waals surface area (Å²) in [5.41, 5.74) is 0. The molecule has 0 radical (unpaired) electrons. The summed E-state index contributed by atoms with van der Waals surface area (Å²) in [6.07, 6.45) is 3.04. The molecule has 1 aromatic heterocycles. The van der Waals surface area contributed by atoms with Crippen molar-refractivity contribution >= 4 is 27.3 Å². The van der Waals surface area contributed by atoms with Gasteiger partial charge in [-0.15, -0.1) is 11.3 Å². The number of hydrogen-bond donors (Lipinski definition) is 1. The summed E-state index contributed by atoms with van der Waals surface area (Å²) >= 11 is 1.35. The summed E-state index contributed by atoms with van der Waals surface area (Å²) in [7, 11) is -1.31. The maximum absolute atomic E-state index is 12.6. The zero-order valence-corrected chi connectivity index (χ0v) is 18.4. The van der Waals surface area contributed by atoms with Gasteiger partial charge < -0.3 is 10.2 Å². The molecule has 0 aliphatic heterocycles. The first-order chi connectivity index (χ1) is 12.4. The average Bonchev–Trinajstić information content (AvgIpc) is 3.09. The first-order valence-corrected chi connectivity index (χ1v) is 11.7. The van der Waals surface area contributed by atoms with Crippen LogP contribution in [0.4, 0.5) is 0 Å². The summed E-state index contributed by atoms with van der Waals surface area (Å²) in [6.45, 7) is 11.4. The number of aliphatic imine (C=N–C) groups is 1. The van der Waals surface area contributed by atoms with E-state index in [1.165, 1.54) is 15.6 Å². The van der Waals surface area contributed by atoms with Gasteiger partial charge >= 0.3 is 0 Å². The third-order valence-electron chi connectivity index (χ3n) is 4.10. The Labute approximate surface area is 163 Å². The molecule has 1 aromatic rings. The first-order valence-electron chi connectivity index (χ1n) is 9.48. The molecule has 0 fully saturated rings. The van der Waals surface area contributed by atoms with E-state index in [4.69, 9.17) is 0 Å². The lowest BCUT2D eigenvalue weighted by Gasteiger charge is -2.21. The molecule has 1 rings (SSSR count). The molecular formula is C18H34N4O2S2. The lowest BCUT2D eigenvalue weighted by molar-refractivity contribution is 0.447. The SMILES string of the molecule is CCCCN(C)C(=NCCc1ccc(S(=O)(=O)N(CC)CC)s1)NCC. The van der Waals surface area contributed by atoms with E-state index >= 15 is 0 Å². The lowest BCUT2D eigenvalue weighted by Crippen LogP contribution is -2.39. The van der Waals surface area contributed by atoms with Crippen LogP contribution in [0.15, 0.2) is 21.3 Å². The fourth-order valence-electron chi connectivity index (χ4n) is 2.56. The van der Waals surface area contributed by atoms with Crippen molar-refractivity contribution in [1.82, 2.24) is 14.5 Å². The second kappa shape index (κ2) is 11.6. The summed E-state index contributed by atoms with van der Waals surface area (Å²) in [5, 5.41) is 3.31. The number of thiophene rings is 1. The topological polar surface area (TPSA) is 65.0 Å². The predicted molar refractivity (Wildman–Crippen MR) is 112 cm³/mol. The third-order valence-corrected chi connectivity index (χ3v) is 7.76. The van der Waals surface area contributed by atoms with Crippen molar-refractivity contribution in [3.8, 4) is 0 Å². The predicted octanol–water partition coefficient (Wildman–Crippen LogP) is 3.02. The van der Waals surface area contributed by atoms with Crippen LogP contribution in [0.25, 0.3) is 0 Å². The molecule has 150 valence electrons. The average molecular weight is 403 g/mol. The molecular weight excluding hydrogens is 368 g/mol. The molecule has 6 nitrogen and oxygen atoms in total. The molecule has 8 heteroatoms. The summed E-state index contributed by atoms with van der Waals surface area (Å²) < 4.78 is 27.0. The minimum atomic E-state index is -3.36. The molecule has 0 aromatic carbocycles. The molecule has 1 N–H and O–H groups in total. The smallest absolute Gasteiger partial charge is 0.252 e. The Morgan fingerprint density at radius 1 is 1.19 bits per heavy atom. The number of nitrogens with zero attached hydrogens (tertiary/aromatic N) is 3. The third kappa shape index (κ3) is 6.55. The highest BCUT2D eigenvalue weighted by molar-refractivity contribution is 7.91. The molecule has 0 aliphatic carbocycles. The van der Waals surface area contributed by atoms with Crippen LogP contribution in [0.1, 0.15) is 45.4 Å². The molecule has 0 atom stereocenters. The quantitative estimate of drug-likeness (QED) is 0.456. The van der Waals surface area contributed by atoms with Crippen molar-refractivity contribution in [2.75, 3.05) is 39.8 Å². The molecule has 0 aliphatic rings. The second-order valence-electron chi connectivity index (χ2n) is 6.07. The molecule has 0 amide bonds. The maximum Gasteiger partial charge on any atom is 0.252 e. The van der Waals surface area contributed by atoms with E-state index in [2.05, 4.69) is 36.1 Å². The van der Waals surface area contributed by atoms with Crippen LogP contribution in [0.5, 0.6) is 0 Å². The Hall–Kier alpha value is -1.12. The summed E-state index contributed by atoms with van der Waals surface area (Å²) in [5.74, 6) is 0.911. The van der Waals surface area contributed by atoms with Crippen LogP contribution in [0.3, 0.4) is 0 Å². The highest BCUT2D eigenvalue weighted by Crippen LogP contribution is 2.25. The largest absolute Gasteiger partial charge is 0.357 e. The van der Waals surface area contributed by atoms with Gasteiger partial charge in [0.2, 0.25) is 0 Å². The molecule has 0 spiro atoms. The zero-order valence-electron chi connectivity index (χ0n) is 16.8. The normalized spacial score (nSPS) is 12.6. The highest BCUT2D eigenvalue weighted by atomic mass is 32.2. The molecule has 0 unspecified atom stereocenters. The van der Waals surface area contributed by atoms with Gasteiger partial charge in [0, 0.05) is 51.1 Å². The van der Waals surface area contributed by atoms with Crippen molar-refractivity contribution < 1.29 is 8.42 Å². The minimum absolute atomic E-state index is 0.423. The Morgan fingerprint density at radius 3 is 2.46 bits per heavy atom. The van der Waals surface area contributed by atoms with Gasteiger partial charge in [0.1, 0.15) is 4.21 Å². The van der Waals surface area contributed by atoms with Gasteiger partial charge in [0.05, 0.1) is 0 Å². The Bertz CT molecular complexity index is 652. The Kier molecular flexibility index (Phi) is 10.2.